The first-order valence-corrected chi connectivity index (χ1v) is 11.3. The lowest BCUT2D eigenvalue weighted by molar-refractivity contribution is -0.384. The highest BCUT2D eigenvalue weighted by Gasteiger charge is 2.21. The highest BCUT2D eigenvalue weighted by Crippen LogP contribution is 2.14. The average molecular weight is 433 g/mol. The fourth-order valence-electron chi connectivity index (χ4n) is 3.96. The second kappa shape index (κ2) is 12.0. The highest BCUT2D eigenvalue weighted by molar-refractivity contribution is 5.80. The first-order valence-electron chi connectivity index (χ1n) is 11.3. The molecule has 31 heavy (non-hydrogen) atoms. The quantitative estimate of drug-likeness (QED) is 0.280. The summed E-state index contributed by atoms with van der Waals surface area (Å²) in [6.45, 7) is 12.5. The monoisotopic (exact) mass is 432 g/mol. The van der Waals surface area contributed by atoms with E-state index < -0.39 is 0 Å². The van der Waals surface area contributed by atoms with Crippen LogP contribution in [0.2, 0.25) is 0 Å². The number of likely N-dealkylation sites (tertiary alicyclic amines) is 1. The number of morpholine rings is 1. The Kier molecular flexibility index (Phi) is 9.05. The molecular weight excluding hydrogens is 396 g/mol. The van der Waals surface area contributed by atoms with E-state index >= 15 is 0 Å². The number of non-ortho nitro benzene ring substituents is 1. The number of piperidine rings is 1. The second-order valence-corrected chi connectivity index (χ2v) is 8.52. The molecule has 2 fully saturated rings. The lowest BCUT2D eigenvalue weighted by Gasteiger charge is -2.35. The minimum atomic E-state index is -0.378. The van der Waals surface area contributed by atoms with E-state index in [1.807, 2.05) is 0 Å². The van der Waals surface area contributed by atoms with Crippen LogP contribution in [-0.4, -0.2) is 85.2 Å². The summed E-state index contributed by atoms with van der Waals surface area (Å²) in [5.74, 6) is 0.814. The van der Waals surface area contributed by atoms with Gasteiger partial charge in [0.05, 0.1) is 24.7 Å². The number of guanidine groups is 1. The van der Waals surface area contributed by atoms with Gasteiger partial charge in [0.1, 0.15) is 0 Å². The summed E-state index contributed by atoms with van der Waals surface area (Å²) in [5.41, 5.74) is 1.06. The number of nitro groups is 1. The van der Waals surface area contributed by atoms with E-state index in [0.717, 1.165) is 76.8 Å². The lowest BCUT2D eigenvalue weighted by atomic mass is 10.0. The van der Waals surface area contributed by atoms with Gasteiger partial charge in [0.25, 0.3) is 5.69 Å². The largest absolute Gasteiger partial charge is 0.379 e. The summed E-state index contributed by atoms with van der Waals surface area (Å²) in [6, 6.07) is 7.60. The van der Waals surface area contributed by atoms with Gasteiger partial charge in [0.15, 0.2) is 5.96 Å². The zero-order valence-corrected chi connectivity index (χ0v) is 18.8. The lowest BCUT2D eigenvalue weighted by Crippen LogP contribution is -2.51. The third kappa shape index (κ3) is 7.75. The van der Waals surface area contributed by atoms with Crippen molar-refractivity contribution < 1.29 is 9.66 Å². The van der Waals surface area contributed by atoms with Crippen LogP contribution in [0, 0.1) is 10.1 Å². The summed E-state index contributed by atoms with van der Waals surface area (Å²) in [5, 5.41) is 18.0. The van der Waals surface area contributed by atoms with Crippen molar-refractivity contribution in [3.05, 3.63) is 39.9 Å². The predicted molar refractivity (Wildman–Crippen MR) is 122 cm³/mol. The molecule has 0 spiro atoms. The number of ether oxygens (including phenoxy) is 1. The van der Waals surface area contributed by atoms with Crippen molar-refractivity contribution in [1.29, 1.82) is 0 Å². The number of hydrogen-bond acceptors (Lipinski definition) is 6. The van der Waals surface area contributed by atoms with E-state index in [4.69, 9.17) is 9.73 Å². The molecule has 0 bridgehead atoms. The van der Waals surface area contributed by atoms with Gasteiger partial charge in [-0.25, -0.2) is 4.99 Å². The van der Waals surface area contributed by atoms with Gasteiger partial charge in [0.2, 0.25) is 0 Å². The second-order valence-electron chi connectivity index (χ2n) is 8.52. The molecule has 2 N–H and O–H groups in total. The smallest absolute Gasteiger partial charge is 0.269 e. The highest BCUT2D eigenvalue weighted by atomic mass is 16.6. The molecule has 1 aromatic rings. The Balaban J connectivity index is 1.56. The molecule has 9 heteroatoms. The van der Waals surface area contributed by atoms with Crippen LogP contribution in [0.15, 0.2) is 29.3 Å². The third-order valence-electron chi connectivity index (χ3n) is 5.99. The number of nitrogens with one attached hydrogen (secondary N) is 2. The molecule has 9 nitrogen and oxygen atoms in total. The van der Waals surface area contributed by atoms with Crippen LogP contribution in [0.4, 0.5) is 5.69 Å². The van der Waals surface area contributed by atoms with E-state index in [0.29, 0.717) is 18.6 Å². The summed E-state index contributed by atoms with van der Waals surface area (Å²) in [4.78, 5) is 20.2. The fraction of sp³-hybridized carbons (Fsp3) is 0.682. The number of aliphatic imine (C=N–C) groups is 1. The standard InChI is InChI=1S/C22H36N6O3/c1-18(2)27-10-7-20(8-11-27)25-22(23-9-12-26-13-15-31-16-14-26)24-17-19-3-5-21(6-4-19)28(29)30/h3-6,18,20H,7-17H2,1-2H3,(H2,23,24,25). The maximum Gasteiger partial charge on any atom is 0.269 e. The Hall–Kier alpha value is -2.23. The van der Waals surface area contributed by atoms with Crippen molar-refractivity contribution in [2.45, 2.75) is 45.3 Å². The van der Waals surface area contributed by atoms with E-state index in [1.54, 1.807) is 12.1 Å². The van der Waals surface area contributed by atoms with Gasteiger partial charge in [0, 0.05) is 63.5 Å². The van der Waals surface area contributed by atoms with Crippen LogP contribution in [0.25, 0.3) is 0 Å². The van der Waals surface area contributed by atoms with Gasteiger partial charge in [-0.05, 0) is 32.3 Å². The minimum absolute atomic E-state index is 0.103. The van der Waals surface area contributed by atoms with Crippen molar-refractivity contribution in [1.82, 2.24) is 20.4 Å². The first kappa shape index (κ1) is 23.4. The topological polar surface area (TPSA) is 95.3 Å². The minimum Gasteiger partial charge on any atom is -0.379 e. The van der Waals surface area contributed by atoms with Gasteiger partial charge in [-0.15, -0.1) is 0 Å². The maximum atomic E-state index is 10.9. The molecular formula is C22H36N6O3. The summed E-state index contributed by atoms with van der Waals surface area (Å²) in [6.07, 6.45) is 2.19. The molecule has 0 aromatic heterocycles. The van der Waals surface area contributed by atoms with Crippen molar-refractivity contribution in [2.24, 2.45) is 4.99 Å². The zero-order chi connectivity index (χ0) is 22.1. The van der Waals surface area contributed by atoms with Crippen LogP contribution in [0.3, 0.4) is 0 Å². The molecule has 0 unspecified atom stereocenters. The molecule has 172 valence electrons. The summed E-state index contributed by atoms with van der Waals surface area (Å²) < 4.78 is 5.42. The van der Waals surface area contributed by atoms with E-state index in [1.165, 1.54) is 12.1 Å². The van der Waals surface area contributed by atoms with Crippen LogP contribution >= 0.6 is 0 Å². The van der Waals surface area contributed by atoms with Crippen molar-refractivity contribution in [3.63, 3.8) is 0 Å². The van der Waals surface area contributed by atoms with Crippen LogP contribution in [0.1, 0.15) is 32.3 Å². The average Bonchev–Trinajstić information content (AvgIpc) is 2.78. The Morgan fingerprint density at radius 2 is 1.87 bits per heavy atom. The predicted octanol–water partition coefficient (Wildman–Crippen LogP) is 1.84. The van der Waals surface area contributed by atoms with Crippen LogP contribution in [0.5, 0.6) is 0 Å². The Morgan fingerprint density at radius 3 is 2.48 bits per heavy atom. The number of hydrogen-bond donors (Lipinski definition) is 2. The Bertz CT molecular complexity index is 710. The van der Waals surface area contributed by atoms with E-state index in [9.17, 15) is 10.1 Å². The van der Waals surface area contributed by atoms with Crippen molar-refractivity contribution in [3.8, 4) is 0 Å². The molecule has 0 amide bonds. The number of benzene rings is 1. The number of nitrogens with zero attached hydrogens (tertiary/aromatic N) is 4. The molecule has 2 aliphatic heterocycles. The SMILES string of the molecule is CC(C)N1CCC(NC(=NCc2ccc([N+](=O)[O-])cc2)NCCN2CCOCC2)CC1. The third-order valence-corrected chi connectivity index (χ3v) is 5.99. The normalized spacial score (nSPS) is 19.5. The molecule has 0 atom stereocenters. The van der Waals surface area contributed by atoms with Crippen molar-refractivity contribution >= 4 is 11.6 Å². The molecule has 2 heterocycles. The van der Waals surface area contributed by atoms with Gasteiger partial charge in [-0.3, -0.25) is 15.0 Å². The molecule has 2 aliphatic rings. The van der Waals surface area contributed by atoms with Gasteiger partial charge < -0.3 is 20.3 Å². The Labute approximate surface area is 185 Å². The maximum absolute atomic E-state index is 10.9. The molecule has 0 aliphatic carbocycles. The van der Waals surface area contributed by atoms with Gasteiger partial charge in [-0.2, -0.15) is 0 Å². The van der Waals surface area contributed by atoms with E-state index in [-0.39, 0.29) is 10.6 Å². The Morgan fingerprint density at radius 1 is 1.19 bits per heavy atom. The fourth-order valence-corrected chi connectivity index (χ4v) is 3.96. The van der Waals surface area contributed by atoms with Gasteiger partial charge in [-0.1, -0.05) is 12.1 Å². The molecule has 2 saturated heterocycles. The van der Waals surface area contributed by atoms with Gasteiger partial charge >= 0.3 is 0 Å². The summed E-state index contributed by atoms with van der Waals surface area (Å²) >= 11 is 0. The molecule has 1 aromatic carbocycles. The molecule has 0 radical (unpaired) electrons. The first-order chi connectivity index (χ1) is 15.0. The molecule has 3 rings (SSSR count). The summed E-state index contributed by atoms with van der Waals surface area (Å²) in [7, 11) is 0. The molecule has 0 saturated carbocycles. The van der Waals surface area contributed by atoms with E-state index in [2.05, 4.69) is 34.3 Å². The van der Waals surface area contributed by atoms with Crippen LogP contribution in [-0.2, 0) is 11.3 Å². The van der Waals surface area contributed by atoms with Crippen molar-refractivity contribution in [2.75, 3.05) is 52.5 Å². The number of nitro benzene ring substituents is 1. The zero-order valence-electron chi connectivity index (χ0n) is 18.8. The van der Waals surface area contributed by atoms with Crippen LogP contribution < -0.4 is 10.6 Å². The number of rotatable bonds is 8.